The van der Waals surface area contributed by atoms with E-state index < -0.39 is 0 Å². The molecule has 0 unspecified atom stereocenters. The number of nitrogens with one attached hydrogen (secondary N) is 2. The van der Waals surface area contributed by atoms with Crippen LogP contribution in [0.15, 0.2) is 4.99 Å². The largest absolute Gasteiger partial charge is 0.353 e. The predicted octanol–water partition coefficient (Wildman–Crippen LogP) is 1.63. The Labute approximate surface area is 93.7 Å². The zero-order chi connectivity index (χ0) is 11.7. The Morgan fingerprint density at radius 2 is 1.87 bits per heavy atom. The average Bonchev–Trinajstić information content (AvgIpc) is 2.14. The van der Waals surface area contributed by atoms with Gasteiger partial charge in [-0.1, -0.05) is 26.7 Å². The maximum Gasteiger partial charge on any atom is 0.205 e. The fourth-order valence-corrected chi connectivity index (χ4v) is 1.26. The van der Waals surface area contributed by atoms with Crippen molar-refractivity contribution in [1.82, 2.24) is 10.7 Å². The van der Waals surface area contributed by atoms with Crippen LogP contribution in [0.1, 0.15) is 47.0 Å². The lowest BCUT2D eigenvalue weighted by Crippen LogP contribution is -2.44. The second-order valence-electron chi connectivity index (χ2n) is 4.56. The van der Waals surface area contributed by atoms with Gasteiger partial charge in [-0.25, -0.2) is 5.84 Å². The van der Waals surface area contributed by atoms with Crippen molar-refractivity contribution in [1.29, 1.82) is 0 Å². The molecule has 0 rings (SSSR count). The number of nitrogens with zero attached hydrogens (tertiary/aromatic N) is 1. The Balaban J connectivity index is 3.62. The molecule has 0 aliphatic heterocycles. The van der Waals surface area contributed by atoms with Gasteiger partial charge in [0.25, 0.3) is 0 Å². The first-order chi connectivity index (χ1) is 7.06. The summed E-state index contributed by atoms with van der Waals surface area (Å²) in [5.41, 5.74) is 2.57. The van der Waals surface area contributed by atoms with Crippen LogP contribution in [0.5, 0.6) is 0 Å². The number of aliphatic imine (C=N–C) groups is 1. The van der Waals surface area contributed by atoms with Gasteiger partial charge in [0.1, 0.15) is 0 Å². The molecule has 4 heteroatoms. The van der Waals surface area contributed by atoms with Crippen LogP contribution in [0.4, 0.5) is 0 Å². The summed E-state index contributed by atoms with van der Waals surface area (Å²) in [6.07, 6.45) is 3.64. The second kappa shape index (κ2) is 8.53. The molecule has 0 fully saturated rings. The molecule has 4 nitrogen and oxygen atoms in total. The van der Waals surface area contributed by atoms with Crippen molar-refractivity contribution in [3.63, 3.8) is 0 Å². The topological polar surface area (TPSA) is 62.4 Å². The first kappa shape index (κ1) is 14.2. The zero-order valence-electron chi connectivity index (χ0n) is 10.5. The molecule has 0 spiro atoms. The number of rotatable bonds is 6. The normalized spacial score (nSPS) is 12.3. The van der Waals surface area contributed by atoms with Crippen molar-refractivity contribution in [3.8, 4) is 0 Å². The summed E-state index contributed by atoms with van der Waals surface area (Å²) in [5.74, 6) is 6.82. The molecular formula is C11H26N4. The third-order valence-electron chi connectivity index (χ3n) is 2.02. The molecule has 0 aliphatic rings. The Morgan fingerprint density at radius 1 is 1.20 bits per heavy atom. The van der Waals surface area contributed by atoms with Crippen LogP contribution in [-0.4, -0.2) is 18.5 Å². The number of hydrazine groups is 1. The fourth-order valence-electron chi connectivity index (χ4n) is 1.26. The number of unbranched alkanes of at least 4 members (excludes halogenated alkanes) is 1. The second-order valence-corrected chi connectivity index (χ2v) is 4.56. The van der Waals surface area contributed by atoms with E-state index in [1.807, 2.05) is 0 Å². The van der Waals surface area contributed by atoms with Crippen LogP contribution in [0, 0.1) is 5.92 Å². The van der Waals surface area contributed by atoms with E-state index in [2.05, 4.69) is 43.4 Å². The third kappa shape index (κ3) is 9.53. The molecule has 0 aliphatic carbocycles. The highest BCUT2D eigenvalue weighted by atomic mass is 15.3. The lowest BCUT2D eigenvalue weighted by atomic mass is 10.1. The summed E-state index contributed by atoms with van der Waals surface area (Å²) in [5, 5.41) is 3.14. The summed E-state index contributed by atoms with van der Waals surface area (Å²) in [6, 6.07) is 0.357. The van der Waals surface area contributed by atoms with E-state index in [0.29, 0.717) is 12.0 Å². The fraction of sp³-hybridized carbons (Fsp3) is 0.909. The predicted molar refractivity (Wildman–Crippen MR) is 66.6 cm³/mol. The highest BCUT2D eigenvalue weighted by molar-refractivity contribution is 5.79. The Hall–Kier alpha value is -0.770. The van der Waals surface area contributed by atoms with Gasteiger partial charge >= 0.3 is 0 Å². The standard InChI is InChI=1S/C11H26N4/c1-9(2)7-5-6-8-13-11(15-12)14-10(3)4/h9-10H,5-8,12H2,1-4H3,(H2,13,14,15). The number of guanidine groups is 1. The van der Waals surface area contributed by atoms with Gasteiger partial charge in [0.2, 0.25) is 5.96 Å². The van der Waals surface area contributed by atoms with Crippen LogP contribution in [0.3, 0.4) is 0 Å². The molecule has 90 valence electrons. The Bertz CT molecular complexity index is 175. The highest BCUT2D eigenvalue weighted by Crippen LogP contribution is 2.05. The zero-order valence-corrected chi connectivity index (χ0v) is 10.5. The van der Waals surface area contributed by atoms with Crippen molar-refractivity contribution < 1.29 is 0 Å². The van der Waals surface area contributed by atoms with Gasteiger partial charge in [0.05, 0.1) is 0 Å². The molecule has 15 heavy (non-hydrogen) atoms. The minimum atomic E-state index is 0.357. The molecule has 0 atom stereocenters. The lowest BCUT2D eigenvalue weighted by molar-refractivity contribution is 0.541. The van der Waals surface area contributed by atoms with E-state index in [1.54, 1.807) is 0 Å². The van der Waals surface area contributed by atoms with Crippen molar-refractivity contribution in [2.24, 2.45) is 16.8 Å². The van der Waals surface area contributed by atoms with Crippen molar-refractivity contribution >= 4 is 5.96 Å². The van der Waals surface area contributed by atoms with Gasteiger partial charge in [0.15, 0.2) is 0 Å². The van der Waals surface area contributed by atoms with Crippen LogP contribution >= 0.6 is 0 Å². The van der Waals surface area contributed by atoms with Crippen LogP contribution in [0.25, 0.3) is 0 Å². The van der Waals surface area contributed by atoms with E-state index in [0.717, 1.165) is 18.9 Å². The molecular weight excluding hydrogens is 188 g/mol. The summed E-state index contributed by atoms with van der Waals surface area (Å²) in [4.78, 5) is 4.35. The van der Waals surface area contributed by atoms with Crippen molar-refractivity contribution in [3.05, 3.63) is 0 Å². The lowest BCUT2D eigenvalue weighted by Gasteiger charge is -2.11. The monoisotopic (exact) mass is 214 g/mol. The molecule has 0 radical (unpaired) electrons. The Kier molecular flexibility index (Phi) is 8.09. The highest BCUT2D eigenvalue weighted by Gasteiger charge is 1.98. The van der Waals surface area contributed by atoms with E-state index in [1.165, 1.54) is 12.8 Å². The summed E-state index contributed by atoms with van der Waals surface area (Å²) >= 11 is 0. The summed E-state index contributed by atoms with van der Waals surface area (Å²) in [6.45, 7) is 9.45. The number of hydrogen-bond acceptors (Lipinski definition) is 2. The minimum Gasteiger partial charge on any atom is -0.353 e. The summed E-state index contributed by atoms with van der Waals surface area (Å²) < 4.78 is 0. The van der Waals surface area contributed by atoms with Gasteiger partial charge in [-0.2, -0.15) is 0 Å². The maximum atomic E-state index is 5.34. The van der Waals surface area contributed by atoms with Crippen molar-refractivity contribution in [2.45, 2.75) is 53.0 Å². The molecule has 0 aromatic rings. The van der Waals surface area contributed by atoms with Crippen molar-refractivity contribution in [2.75, 3.05) is 6.54 Å². The average molecular weight is 214 g/mol. The molecule has 0 aromatic heterocycles. The van der Waals surface area contributed by atoms with Gasteiger partial charge in [-0.05, 0) is 26.2 Å². The molecule has 0 bridgehead atoms. The van der Waals surface area contributed by atoms with Crippen LogP contribution in [0.2, 0.25) is 0 Å². The van der Waals surface area contributed by atoms with E-state index in [-0.39, 0.29) is 0 Å². The SMILES string of the molecule is CC(C)CCCCN=C(NN)NC(C)C. The first-order valence-corrected chi connectivity index (χ1v) is 5.83. The van der Waals surface area contributed by atoms with Gasteiger partial charge in [-0.15, -0.1) is 0 Å². The van der Waals surface area contributed by atoms with E-state index in [4.69, 9.17) is 5.84 Å². The van der Waals surface area contributed by atoms with E-state index >= 15 is 0 Å². The number of nitrogens with two attached hydrogens (primary N) is 1. The molecule has 0 amide bonds. The minimum absolute atomic E-state index is 0.357. The summed E-state index contributed by atoms with van der Waals surface area (Å²) in [7, 11) is 0. The molecule has 4 N–H and O–H groups in total. The maximum absolute atomic E-state index is 5.34. The number of hydrogen-bond donors (Lipinski definition) is 3. The van der Waals surface area contributed by atoms with Gasteiger partial charge < -0.3 is 5.32 Å². The van der Waals surface area contributed by atoms with Gasteiger partial charge in [0, 0.05) is 12.6 Å². The molecule has 0 saturated heterocycles. The Morgan fingerprint density at radius 3 is 2.33 bits per heavy atom. The smallest absolute Gasteiger partial charge is 0.205 e. The van der Waals surface area contributed by atoms with Crippen LogP contribution < -0.4 is 16.6 Å². The molecule has 0 heterocycles. The quantitative estimate of drug-likeness (QED) is 0.207. The molecule has 0 saturated carbocycles. The van der Waals surface area contributed by atoms with Gasteiger partial charge in [-0.3, -0.25) is 10.4 Å². The third-order valence-corrected chi connectivity index (χ3v) is 2.02. The van der Waals surface area contributed by atoms with E-state index in [9.17, 15) is 0 Å². The molecule has 0 aromatic carbocycles. The van der Waals surface area contributed by atoms with Crippen LogP contribution in [-0.2, 0) is 0 Å². The first-order valence-electron chi connectivity index (χ1n) is 5.83.